The van der Waals surface area contributed by atoms with Gasteiger partial charge in [-0.15, -0.1) is 0 Å². The normalized spacial score (nSPS) is 16.8. The fourth-order valence-electron chi connectivity index (χ4n) is 1.84. The van der Waals surface area contributed by atoms with Gasteiger partial charge in [-0.3, -0.25) is 0 Å². The fraction of sp³-hybridized carbons (Fsp3) is 0.455. The van der Waals surface area contributed by atoms with E-state index in [0.717, 1.165) is 24.3 Å². The van der Waals surface area contributed by atoms with Gasteiger partial charge in [-0.1, -0.05) is 0 Å². The highest BCUT2D eigenvalue weighted by Crippen LogP contribution is 2.25. The average molecular weight is 210 g/mol. The zero-order valence-electron chi connectivity index (χ0n) is 8.79. The number of halogens is 1. The van der Waals surface area contributed by atoms with Gasteiger partial charge in [0.05, 0.1) is 18.9 Å². The van der Waals surface area contributed by atoms with E-state index in [1.165, 1.54) is 6.07 Å². The Morgan fingerprint density at radius 3 is 2.67 bits per heavy atom. The Balaban J connectivity index is 2.30. The maximum Gasteiger partial charge on any atom is 0.148 e. The summed E-state index contributed by atoms with van der Waals surface area (Å²) >= 11 is 0. The molecule has 3 nitrogen and oxygen atoms in total. The van der Waals surface area contributed by atoms with Crippen LogP contribution in [-0.4, -0.2) is 26.3 Å². The van der Waals surface area contributed by atoms with Crippen LogP contribution in [0.3, 0.4) is 0 Å². The van der Waals surface area contributed by atoms with Crippen LogP contribution in [0.5, 0.6) is 0 Å². The van der Waals surface area contributed by atoms with Gasteiger partial charge in [0, 0.05) is 18.8 Å². The summed E-state index contributed by atoms with van der Waals surface area (Å²) in [5.74, 6) is -0.345. The molecule has 0 bridgehead atoms. The molecular weight excluding hydrogens is 195 g/mol. The second-order valence-electron chi connectivity index (χ2n) is 3.76. The Morgan fingerprint density at radius 2 is 2.00 bits per heavy atom. The lowest BCUT2D eigenvalue weighted by Gasteiger charge is -2.30. The fourth-order valence-corrected chi connectivity index (χ4v) is 1.84. The highest BCUT2D eigenvalue weighted by atomic mass is 19.1. The number of morpholine rings is 1. The van der Waals surface area contributed by atoms with E-state index in [9.17, 15) is 4.39 Å². The average Bonchev–Trinajstić information content (AvgIpc) is 2.25. The molecule has 0 amide bonds. The van der Waals surface area contributed by atoms with Gasteiger partial charge < -0.3 is 15.4 Å². The van der Waals surface area contributed by atoms with E-state index in [1.54, 1.807) is 6.07 Å². The number of aryl methyl sites for hydroxylation is 1. The molecule has 0 saturated carbocycles. The number of benzene rings is 1. The van der Waals surface area contributed by atoms with Crippen molar-refractivity contribution in [3.63, 3.8) is 0 Å². The molecule has 82 valence electrons. The largest absolute Gasteiger partial charge is 0.396 e. The number of rotatable bonds is 1. The predicted octanol–water partition coefficient (Wildman–Crippen LogP) is 1.55. The van der Waals surface area contributed by atoms with Gasteiger partial charge in [0.2, 0.25) is 0 Å². The predicted molar refractivity (Wildman–Crippen MR) is 58.6 cm³/mol. The molecule has 1 aliphatic rings. The molecule has 4 heteroatoms. The third-order valence-electron chi connectivity index (χ3n) is 2.67. The van der Waals surface area contributed by atoms with Crippen LogP contribution in [0.15, 0.2) is 12.1 Å². The van der Waals surface area contributed by atoms with E-state index in [-0.39, 0.29) is 11.5 Å². The lowest BCUT2D eigenvalue weighted by atomic mass is 10.1. The maximum atomic E-state index is 13.3. The Kier molecular flexibility index (Phi) is 2.77. The molecule has 0 aliphatic carbocycles. The van der Waals surface area contributed by atoms with Gasteiger partial charge >= 0.3 is 0 Å². The van der Waals surface area contributed by atoms with Crippen molar-refractivity contribution >= 4 is 11.4 Å². The van der Waals surface area contributed by atoms with Gasteiger partial charge in [-0.05, 0) is 24.6 Å². The van der Waals surface area contributed by atoms with Gasteiger partial charge in [-0.2, -0.15) is 0 Å². The molecule has 0 spiro atoms. The van der Waals surface area contributed by atoms with Gasteiger partial charge in [0.1, 0.15) is 5.82 Å². The molecule has 0 unspecified atom stereocenters. The van der Waals surface area contributed by atoms with E-state index >= 15 is 0 Å². The van der Waals surface area contributed by atoms with Gasteiger partial charge in [-0.25, -0.2) is 4.39 Å². The number of nitrogens with two attached hydrogens (primary N) is 1. The Hall–Kier alpha value is -1.29. The van der Waals surface area contributed by atoms with E-state index in [2.05, 4.69) is 4.90 Å². The third-order valence-corrected chi connectivity index (χ3v) is 2.67. The number of ether oxygens (including phenoxy) is 1. The molecule has 2 N–H and O–H groups in total. The first kappa shape index (κ1) is 10.2. The molecule has 0 aromatic heterocycles. The molecule has 0 atom stereocenters. The molecule has 1 aromatic rings. The van der Waals surface area contributed by atoms with E-state index < -0.39 is 0 Å². The summed E-state index contributed by atoms with van der Waals surface area (Å²) in [6, 6.07) is 3.19. The van der Waals surface area contributed by atoms with Crippen molar-refractivity contribution in [2.45, 2.75) is 6.92 Å². The Morgan fingerprint density at radius 1 is 1.33 bits per heavy atom. The minimum absolute atomic E-state index is 0.213. The van der Waals surface area contributed by atoms with Crippen molar-refractivity contribution in [3.05, 3.63) is 23.5 Å². The van der Waals surface area contributed by atoms with Crippen LogP contribution in [-0.2, 0) is 4.74 Å². The standard InChI is InChI=1S/C11H15FN2O/c1-8-6-10(13)9(12)7-11(8)14-2-4-15-5-3-14/h6-7H,2-5,13H2,1H3. The summed E-state index contributed by atoms with van der Waals surface area (Å²) in [5.41, 5.74) is 7.64. The molecule has 1 fully saturated rings. The topological polar surface area (TPSA) is 38.5 Å². The highest BCUT2D eigenvalue weighted by Gasteiger charge is 2.14. The van der Waals surface area contributed by atoms with Gasteiger partial charge in [0.15, 0.2) is 0 Å². The summed E-state index contributed by atoms with van der Waals surface area (Å²) in [7, 11) is 0. The van der Waals surface area contributed by atoms with E-state index in [0.29, 0.717) is 13.2 Å². The molecule has 2 rings (SSSR count). The van der Waals surface area contributed by atoms with Crippen LogP contribution in [0.4, 0.5) is 15.8 Å². The molecule has 15 heavy (non-hydrogen) atoms. The molecule has 1 aromatic carbocycles. The smallest absolute Gasteiger partial charge is 0.148 e. The third kappa shape index (κ3) is 2.04. The Labute approximate surface area is 88.6 Å². The summed E-state index contributed by atoms with van der Waals surface area (Å²) < 4.78 is 18.6. The van der Waals surface area contributed by atoms with Crippen LogP contribution < -0.4 is 10.6 Å². The first-order valence-corrected chi connectivity index (χ1v) is 5.07. The van der Waals surface area contributed by atoms with Crippen molar-refractivity contribution < 1.29 is 9.13 Å². The number of anilines is 2. The van der Waals surface area contributed by atoms with Crippen molar-refractivity contribution in [2.75, 3.05) is 36.9 Å². The first-order valence-electron chi connectivity index (χ1n) is 5.07. The van der Waals surface area contributed by atoms with Crippen LogP contribution in [0, 0.1) is 12.7 Å². The molecule has 1 aliphatic heterocycles. The Bertz CT molecular complexity index is 362. The minimum Gasteiger partial charge on any atom is -0.396 e. The van der Waals surface area contributed by atoms with Crippen molar-refractivity contribution in [2.24, 2.45) is 0 Å². The number of hydrogen-bond donors (Lipinski definition) is 1. The second kappa shape index (κ2) is 4.06. The summed E-state index contributed by atoms with van der Waals surface area (Å²) in [5, 5.41) is 0. The summed E-state index contributed by atoms with van der Waals surface area (Å²) in [6.07, 6.45) is 0. The van der Waals surface area contributed by atoms with Crippen LogP contribution in [0.25, 0.3) is 0 Å². The first-order chi connectivity index (χ1) is 7.18. The zero-order valence-corrected chi connectivity index (χ0v) is 8.79. The minimum atomic E-state index is -0.345. The molecule has 0 radical (unpaired) electrons. The lowest BCUT2D eigenvalue weighted by Crippen LogP contribution is -2.36. The van der Waals surface area contributed by atoms with E-state index in [1.807, 2.05) is 6.92 Å². The second-order valence-corrected chi connectivity index (χ2v) is 3.76. The van der Waals surface area contributed by atoms with E-state index in [4.69, 9.17) is 10.5 Å². The molecule has 1 heterocycles. The quantitative estimate of drug-likeness (QED) is 0.715. The molecular formula is C11H15FN2O. The van der Waals surface area contributed by atoms with Gasteiger partial charge in [0.25, 0.3) is 0 Å². The zero-order chi connectivity index (χ0) is 10.8. The van der Waals surface area contributed by atoms with Crippen molar-refractivity contribution in [1.29, 1.82) is 0 Å². The van der Waals surface area contributed by atoms with Crippen LogP contribution in [0.2, 0.25) is 0 Å². The number of nitrogens with zero attached hydrogens (tertiary/aromatic N) is 1. The monoisotopic (exact) mass is 210 g/mol. The van der Waals surface area contributed by atoms with Crippen molar-refractivity contribution in [1.82, 2.24) is 0 Å². The van der Waals surface area contributed by atoms with Crippen LogP contribution >= 0.6 is 0 Å². The lowest BCUT2D eigenvalue weighted by molar-refractivity contribution is 0.122. The molecule has 1 saturated heterocycles. The van der Waals surface area contributed by atoms with Crippen molar-refractivity contribution in [3.8, 4) is 0 Å². The highest BCUT2D eigenvalue weighted by molar-refractivity contribution is 5.60. The number of nitrogen functional groups attached to an aromatic ring is 1. The maximum absolute atomic E-state index is 13.3. The number of hydrogen-bond acceptors (Lipinski definition) is 3. The SMILES string of the molecule is Cc1cc(N)c(F)cc1N1CCOCC1. The summed E-state index contributed by atoms with van der Waals surface area (Å²) in [6.45, 7) is 4.96. The summed E-state index contributed by atoms with van der Waals surface area (Å²) in [4.78, 5) is 2.13. The van der Waals surface area contributed by atoms with Crippen LogP contribution in [0.1, 0.15) is 5.56 Å².